The second kappa shape index (κ2) is 11.1. The SMILES string of the molecule is O=C(NCc1ccccn1)C1CCN(C2CCN(CC#Cc3ccccc3)CC2)CC1. The predicted molar refractivity (Wildman–Crippen MR) is 123 cm³/mol. The van der Waals surface area contributed by atoms with Crippen LogP contribution in [0, 0.1) is 17.8 Å². The number of hydrogen-bond acceptors (Lipinski definition) is 4. The second-order valence-corrected chi connectivity index (χ2v) is 8.52. The van der Waals surface area contributed by atoms with Gasteiger partial charge in [-0.3, -0.25) is 14.7 Å². The summed E-state index contributed by atoms with van der Waals surface area (Å²) < 4.78 is 0. The molecule has 2 aliphatic heterocycles. The van der Waals surface area contributed by atoms with Crippen molar-refractivity contribution in [3.8, 4) is 11.8 Å². The average Bonchev–Trinajstić information content (AvgIpc) is 2.84. The van der Waals surface area contributed by atoms with Gasteiger partial charge in [0, 0.05) is 36.8 Å². The summed E-state index contributed by atoms with van der Waals surface area (Å²) in [6.07, 6.45) is 6.07. The molecule has 5 heteroatoms. The van der Waals surface area contributed by atoms with Crippen LogP contribution in [0.5, 0.6) is 0 Å². The standard InChI is InChI=1S/C26H32N4O/c31-26(28-21-24-10-4-5-15-27-24)23-11-19-30(20-12-23)25-13-17-29(18-14-25)16-6-9-22-7-2-1-3-8-22/h1-5,7-8,10,15,23,25H,11-14,16-21H2,(H,28,31). The van der Waals surface area contributed by atoms with Crippen LogP contribution in [0.1, 0.15) is 36.9 Å². The first-order valence-corrected chi connectivity index (χ1v) is 11.5. The van der Waals surface area contributed by atoms with E-state index in [2.05, 4.69) is 44.1 Å². The van der Waals surface area contributed by atoms with Gasteiger partial charge in [0.05, 0.1) is 18.8 Å². The van der Waals surface area contributed by atoms with Crippen molar-refractivity contribution in [1.82, 2.24) is 20.1 Å². The molecule has 0 atom stereocenters. The van der Waals surface area contributed by atoms with Crippen LogP contribution < -0.4 is 5.32 Å². The van der Waals surface area contributed by atoms with E-state index in [9.17, 15) is 4.79 Å². The minimum Gasteiger partial charge on any atom is -0.350 e. The first-order chi connectivity index (χ1) is 15.3. The second-order valence-electron chi connectivity index (χ2n) is 8.52. The van der Waals surface area contributed by atoms with Crippen LogP contribution in [0.3, 0.4) is 0 Å². The lowest BCUT2D eigenvalue weighted by Gasteiger charge is -2.41. The van der Waals surface area contributed by atoms with Crippen molar-refractivity contribution in [2.45, 2.75) is 38.3 Å². The fraction of sp³-hybridized carbons (Fsp3) is 0.462. The molecule has 4 rings (SSSR count). The number of benzene rings is 1. The van der Waals surface area contributed by atoms with E-state index in [-0.39, 0.29) is 11.8 Å². The summed E-state index contributed by atoms with van der Waals surface area (Å²) in [6, 6.07) is 16.6. The molecule has 162 valence electrons. The van der Waals surface area contributed by atoms with Crippen LogP contribution in [-0.4, -0.2) is 59.5 Å². The molecule has 0 bridgehead atoms. The van der Waals surface area contributed by atoms with Crippen molar-refractivity contribution in [3.63, 3.8) is 0 Å². The Morgan fingerprint density at radius 1 is 0.968 bits per heavy atom. The van der Waals surface area contributed by atoms with Crippen LogP contribution >= 0.6 is 0 Å². The van der Waals surface area contributed by atoms with E-state index >= 15 is 0 Å². The summed E-state index contributed by atoms with van der Waals surface area (Å²) in [7, 11) is 0. The number of pyridine rings is 1. The third-order valence-corrected chi connectivity index (χ3v) is 6.45. The lowest BCUT2D eigenvalue weighted by Crippen LogP contribution is -2.49. The number of carbonyl (C=O) groups excluding carboxylic acids is 1. The van der Waals surface area contributed by atoms with E-state index in [4.69, 9.17) is 0 Å². The number of nitrogens with one attached hydrogen (secondary N) is 1. The lowest BCUT2D eigenvalue weighted by molar-refractivity contribution is -0.126. The van der Waals surface area contributed by atoms with Crippen molar-refractivity contribution >= 4 is 5.91 Å². The van der Waals surface area contributed by atoms with Crippen LogP contribution in [0.2, 0.25) is 0 Å². The van der Waals surface area contributed by atoms with Gasteiger partial charge in [-0.25, -0.2) is 0 Å². The molecule has 1 N–H and O–H groups in total. The Hall–Kier alpha value is -2.68. The van der Waals surface area contributed by atoms with Gasteiger partial charge in [-0.15, -0.1) is 0 Å². The quantitative estimate of drug-likeness (QED) is 0.762. The van der Waals surface area contributed by atoms with E-state index in [0.29, 0.717) is 12.6 Å². The van der Waals surface area contributed by atoms with Crippen molar-refractivity contribution in [3.05, 3.63) is 66.0 Å². The van der Waals surface area contributed by atoms with Gasteiger partial charge in [-0.1, -0.05) is 36.1 Å². The monoisotopic (exact) mass is 416 g/mol. The van der Waals surface area contributed by atoms with Crippen molar-refractivity contribution < 1.29 is 4.79 Å². The summed E-state index contributed by atoms with van der Waals surface area (Å²) in [6.45, 7) is 5.64. The maximum Gasteiger partial charge on any atom is 0.223 e. The van der Waals surface area contributed by atoms with E-state index in [0.717, 1.165) is 56.8 Å². The molecule has 1 aromatic carbocycles. The van der Waals surface area contributed by atoms with Crippen LogP contribution in [0.25, 0.3) is 0 Å². The molecule has 2 saturated heterocycles. The molecule has 3 heterocycles. The molecule has 0 aliphatic carbocycles. The van der Waals surface area contributed by atoms with Crippen molar-refractivity contribution in [2.24, 2.45) is 5.92 Å². The first-order valence-electron chi connectivity index (χ1n) is 11.5. The molecule has 2 fully saturated rings. The number of aromatic nitrogens is 1. The highest BCUT2D eigenvalue weighted by atomic mass is 16.1. The van der Waals surface area contributed by atoms with E-state index < -0.39 is 0 Å². The molecule has 31 heavy (non-hydrogen) atoms. The summed E-state index contributed by atoms with van der Waals surface area (Å²) >= 11 is 0. The van der Waals surface area contributed by atoms with E-state index in [1.807, 2.05) is 36.4 Å². The van der Waals surface area contributed by atoms with Gasteiger partial charge in [0.25, 0.3) is 0 Å². The summed E-state index contributed by atoms with van der Waals surface area (Å²) in [5.41, 5.74) is 2.00. The molecule has 2 aromatic rings. The molecule has 1 aromatic heterocycles. The highest BCUT2D eigenvalue weighted by molar-refractivity contribution is 5.78. The molecular weight excluding hydrogens is 384 g/mol. The van der Waals surface area contributed by atoms with E-state index in [1.165, 1.54) is 12.8 Å². The number of rotatable bonds is 5. The van der Waals surface area contributed by atoms with Gasteiger partial charge in [0.1, 0.15) is 0 Å². The van der Waals surface area contributed by atoms with Crippen LogP contribution in [-0.2, 0) is 11.3 Å². The highest BCUT2D eigenvalue weighted by Crippen LogP contribution is 2.24. The fourth-order valence-corrected chi connectivity index (χ4v) is 4.57. The molecule has 0 radical (unpaired) electrons. The molecule has 2 aliphatic rings. The number of piperidine rings is 2. The van der Waals surface area contributed by atoms with Crippen LogP contribution in [0.4, 0.5) is 0 Å². The maximum atomic E-state index is 12.5. The molecule has 0 unspecified atom stereocenters. The third kappa shape index (κ3) is 6.40. The largest absolute Gasteiger partial charge is 0.350 e. The molecular formula is C26H32N4O. The number of hydrogen-bond donors (Lipinski definition) is 1. The van der Waals surface area contributed by atoms with Crippen LogP contribution in [0.15, 0.2) is 54.7 Å². The topological polar surface area (TPSA) is 48.5 Å². The normalized spacial score (nSPS) is 18.8. The number of likely N-dealkylation sites (tertiary alicyclic amines) is 2. The number of amides is 1. The Balaban J connectivity index is 1.15. The van der Waals surface area contributed by atoms with Crippen molar-refractivity contribution in [2.75, 3.05) is 32.7 Å². The molecule has 0 spiro atoms. The first kappa shape index (κ1) is 21.5. The third-order valence-electron chi connectivity index (χ3n) is 6.45. The number of carbonyl (C=O) groups is 1. The number of nitrogens with zero attached hydrogens (tertiary/aromatic N) is 3. The lowest BCUT2D eigenvalue weighted by atomic mass is 9.92. The fourth-order valence-electron chi connectivity index (χ4n) is 4.57. The predicted octanol–water partition coefficient (Wildman–Crippen LogP) is 2.93. The zero-order valence-electron chi connectivity index (χ0n) is 18.2. The van der Waals surface area contributed by atoms with Gasteiger partial charge in [0.15, 0.2) is 0 Å². The zero-order chi connectivity index (χ0) is 21.3. The minimum absolute atomic E-state index is 0.133. The van der Waals surface area contributed by atoms with Gasteiger partial charge in [0.2, 0.25) is 5.91 Å². The smallest absolute Gasteiger partial charge is 0.223 e. The molecule has 5 nitrogen and oxygen atoms in total. The Bertz CT molecular complexity index is 874. The Morgan fingerprint density at radius 2 is 1.71 bits per heavy atom. The summed E-state index contributed by atoms with van der Waals surface area (Å²) in [5, 5.41) is 3.06. The van der Waals surface area contributed by atoms with Gasteiger partial charge >= 0.3 is 0 Å². The molecule has 1 amide bonds. The Kier molecular flexibility index (Phi) is 7.71. The average molecular weight is 417 g/mol. The van der Waals surface area contributed by atoms with E-state index in [1.54, 1.807) is 6.20 Å². The Morgan fingerprint density at radius 3 is 2.42 bits per heavy atom. The van der Waals surface area contributed by atoms with Gasteiger partial charge < -0.3 is 10.2 Å². The van der Waals surface area contributed by atoms with Gasteiger partial charge in [-0.2, -0.15) is 0 Å². The van der Waals surface area contributed by atoms with Crippen molar-refractivity contribution in [1.29, 1.82) is 0 Å². The zero-order valence-corrected chi connectivity index (χ0v) is 18.2. The summed E-state index contributed by atoms with van der Waals surface area (Å²) in [4.78, 5) is 21.9. The molecule has 0 saturated carbocycles. The maximum absolute atomic E-state index is 12.5. The highest BCUT2D eigenvalue weighted by Gasteiger charge is 2.30. The summed E-state index contributed by atoms with van der Waals surface area (Å²) in [5.74, 6) is 6.89. The minimum atomic E-state index is 0.133. The Labute approximate surface area is 185 Å². The van der Waals surface area contributed by atoms with Gasteiger partial charge in [-0.05, 0) is 63.0 Å².